The quantitative estimate of drug-likeness (QED) is 0.846. The minimum atomic E-state index is -0.326. The normalized spacial score (nSPS) is 12.4. The maximum Gasteiger partial charge on any atom is 0.262 e. The lowest BCUT2D eigenvalue weighted by Crippen LogP contribution is -2.21. The Morgan fingerprint density at radius 2 is 1.84 bits per heavy atom. The molecule has 2 aromatic rings. The van der Waals surface area contributed by atoms with Crippen LogP contribution in [0, 0.1) is 6.92 Å². The average molecular weight is 341 g/mol. The molecule has 130 valence electrons. The first kappa shape index (κ1) is 16.8. The summed E-state index contributed by atoms with van der Waals surface area (Å²) in [4.78, 5) is 23.8. The van der Waals surface area contributed by atoms with Gasteiger partial charge in [-0.15, -0.1) is 0 Å². The number of fused-ring (bicyclic) bond motifs is 1. The second-order valence-electron chi connectivity index (χ2n) is 5.75. The second-order valence-corrected chi connectivity index (χ2v) is 5.75. The van der Waals surface area contributed by atoms with Gasteiger partial charge in [-0.3, -0.25) is 9.59 Å². The number of anilines is 1. The molecule has 1 heterocycles. The van der Waals surface area contributed by atoms with Gasteiger partial charge in [0.1, 0.15) is 19.0 Å². The number of aryl methyl sites for hydroxylation is 1. The van der Waals surface area contributed by atoms with Crippen molar-refractivity contribution in [3.8, 4) is 17.2 Å². The molecule has 0 spiro atoms. The maximum absolute atomic E-state index is 12.1. The minimum absolute atomic E-state index is 0.109. The van der Waals surface area contributed by atoms with Gasteiger partial charge in [0.15, 0.2) is 23.9 Å². The van der Waals surface area contributed by atoms with Gasteiger partial charge < -0.3 is 19.5 Å². The number of rotatable bonds is 5. The Morgan fingerprint density at radius 1 is 1.08 bits per heavy atom. The molecule has 0 saturated heterocycles. The van der Waals surface area contributed by atoms with Crippen LogP contribution in [0.25, 0.3) is 0 Å². The van der Waals surface area contributed by atoms with E-state index < -0.39 is 0 Å². The van der Waals surface area contributed by atoms with E-state index >= 15 is 0 Å². The first-order valence-corrected chi connectivity index (χ1v) is 7.97. The van der Waals surface area contributed by atoms with Crippen LogP contribution in [-0.4, -0.2) is 31.5 Å². The highest BCUT2D eigenvalue weighted by molar-refractivity contribution is 5.97. The van der Waals surface area contributed by atoms with Crippen molar-refractivity contribution in [1.29, 1.82) is 0 Å². The summed E-state index contributed by atoms with van der Waals surface area (Å²) in [6.45, 7) is 4.16. The van der Waals surface area contributed by atoms with Crippen molar-refractivity contribution in [3.63, 3.8) is 0 Å². The van der Waals surface area contributed by atoms with Gasteiger partial charge in [0.2, 0.25) is 0 Å². The molecule has 1 aliphatic heterocycles. The molecule has 0 saturated carbocycles. The molecule has 0 atom stereocenters. The monoisotopic (exact) mass is 341 g/mol. The van der Waals surface area contributed by atoms with Gasteiger partial charge in [-0.05, 0) is 43.7 Å². The summed E-state index contributed by atoms with van der Waals surface area (Å²) in [7, 11) is 0. The number of ether oxygens (including phenoxy) is 3. The Balaban J connectivity index is 1.64. The van der Waals surface area contributed by atoms with E-state index in [1.807, 2.05) is 13.0 Å². The van der Waals surface area contributed by atoms with Gasteiger partial charge in [0, 0.05) is 11.8 Å². The summed E-state index contributed by atoms with van der Waals surface area (Å²) in [6, 6.07) is 10.5. The van der Waals surface area contributed by atoms with E-state index in [1.54, 1.807) is 30.3 Å². The lowest BCUT2D eigenvalue weighted by atomic mass is 10.1. The molecule has 1 N–H and O–H groups in total. The van der Waals surface area contributed by atoms with Crippen molar-refractivity contribution in [3.05, 3.63) is 47.5 Å². The summed E-state index contributed by atoms with van der Waals surface area (Å²) >= 11 is 0. The lowest BCUT2D eigenvalue weighted by Gasteiger charge is -2.19. The third kappa shape index (κ3) is 4.09. The van der Waals surface area contributed by atoms with Crippen molar-refractivity contribution >= 4 is 17.4 Å². The molecule has 2 aromatic carbocycles. The number of Topliss-reactive ketones (excluding diaryl/α,β-unsaturated/α-hetero) is 1. The number of hydrogen-bond donors (Lipinski definition) is 1. The van der Waals surface area contributed by atoms with E-state index in [1.165, 1.54) is 6.92 Å². The Morgan fingerprint density at radius 3 is 2.60 bits per heavy atom. The molecule has 3 rings (SSSR count). The molecule has 25 heavy (non-hydrogen) atoms. The molecular weight excluding hydrogens is 322 g/mol. The third-order valence-electron chi connectivity index (χ3n) is 3.70. The lowest BCUT2D eigenvalue weighted by molar-refractivity contribution is -0.118. The van der Waals surface area contributed by atoms with Crippen molar-refractivity contribution in [1.82, 2.24) is 0 Å². The molecule has 0 fully saturated rings. The van der Waals surface area contributed by atoms with Crippen LogP contribution < -0.4 is 19.5 Å². The highest BCUT2D eigenvalue weighted by atomic mass is 16.6. The van der Waals surface area contributed by atoms with Crippen molar-refractivity contribution in [2.75, 3.05) is 25.1 Å². The van der Waals surface area contributed by atoms with Gasteiger partial charge >= 0.3 is 0 Å². The minimum Gasteiger partial charge on any atom is -0.486 e. The highest BCUT2D eigenvalue weighted by Crippen LogP contribution is 2.32. The maximum atomic E-state index is 12.1. The molecule has 1 amide bonds. The molecule has 0 aromatic heterocycles. The molecule has 0 unspecified atom stereocenters. The predicted octanol–water partition coefficient (Wildman–Crippen LogP) is 2.99. The third-order valence-corrected chi connectivity index (χ3v) is 3.70. The molecular formula is C19H19NO5. The Labute approximate surface area is 145 Å². The Kier molecular flexibility index (Phi) is 4.88. The Bertz CT molecular complexity index is 815. The van der Waals surface area contributed by atoms with Crippen LogP contribution in [0.15, 0.2) is 36.4 Å². The van der Waals surface area contributed by atoms with Gasteiger partial charge in [0.05, 0.1) is 5.56 Å². The van der Waals surface area contributed by atoms with Crippen LogP contribution >= 0.6 is 0 Å². The molecule has 6 nitrogen and oxygen atoms in total. The van der Waals surface area contributed by atoms with Crippen molar-refractivity contribution < 1.29 is 23.8 Å². The topological polar surface area (TPSA) is 73.9 Å². The van der Waals surface area contributed by atoms with Crippen LogP contribution in [0.2, 0.25) is 0 Å². The molecule has 6 heteroatoms. The number of nitrogens with one attached hydrogen (secondary N) is 1. The number of hydrogen-bond acceptors (Lipinski definition) is 5. The number of carbonyl (C=O) groups excluding carboxylic acids is 2. The van der Waals surface area contributed by atoms with Crippen LogP contribution in [-0.2, 0) is 4.79 Å². The SMILES string of the molecule is CC(=O)c1ccc(C)cc1OCC(=O)Nc1ccc2c(c1)OCCO2. The second kappa shape index (κ2) is 7.25. The molecule has 0 bridgehead atoms. The summed E-state index contributed by atoms with van der Waals surface area (Å²) in [6.07, 6.45) is 0. The summed E-state index contributed by atoms with van der Waals surface area (Å²) in [5, 5.41) is 2.74. The van der Waals surface area contributed by atoms with Crippen LogP contribution in [0.3, 0.4) is 0 Å². The standard InChI is InChI=1S/C19H19NO5/c1-12-3-5-15(13(2)21)17(9-12)25-11-19(22)20-14-4-6-16-18(10-14)24-8-7-23-16/h3-6,9-10H,7-8,11H2,1-2H3,(H,20,22). The van der Waals surface area contributed by atoms with Gasteiger partial charge in [0.25, 0.3) is 5.91 Å². The van der Waals surface area contributed by atoms with Gasteiger partial charge in [-0.1, -0.05) is 6.07 Å². The highest BCUT2D eigenvalue weighted by Gasteiger charge is 2.14. The smallest absolute Gasteiger partial charge is 0.262 e. The van der Waals surface area contributed by atoms with Gasteiger partial charge in [-0.2, -0.15) is 0 Å². The number of amides is 1. The van der Waals surface area contributed by atoms with E-state index in [2.05, 4.69) is 5.32 Å². The van der Waals surface area contributed by atoms with Crippen LogP contribution in [0.5, 0.6) is 17.2 Å². The van der Waals surface area contributed by atoms with E-state index in [0.717, 1.165) is 5.56 Å². The average Bonchev–Trinajstić information content (AvgIpc) is 2.59. The van der Waals surface area contributed by atoms with Crippen molar-refractivity contribution in [2.45, 2.75) is 13.8 Å². The fourth-order valence-corrected chi connectivity index (χ4v) is 2.50. The zero-order valence-electron chi connectivity index (χ0n) is 14.1. The van der Waals surface area contributed by atoms with E-state index in [-0.39, 0.29) is 18.3 Å². The fourth-order valence-electron chi connectivity index (χ4n) is 2.50. The fraction of sp³-hybridized carbons (Fsp3) is 0.263. The molecule has 0 aliphatic carbocycles. The van der Waals surface area contributed by atoms with E-state index in [9.17, 15) is 9.59 Å². The zero-order valence-corrected chi connectivity index (χ0v) is 14.1. The summed E-state index contributed by atoms with van der Waals surface area (Å²) in [5.41, 5.74) is 2.00. The first-order chi connectivity index (χ1) is 12.0. The summed E-state index contributed by atoms with van der Waals surface area (Å²) in [5.74, 6) is 1.23. The number of benzene rings is 2. The zero-order chi connectivity index (χ0) is 17.8. The Hall–Kier alpha value is -3.02. The first-order valence-electron chi connectivity index (χ1n) is 7.97. The predicted molar refractivity (Wildman–Crippen MR) is 92.7 cm³/mol. The van der Waals surface area contributed by atoms with Crippen LogP contribution in [0.4, 0.5) is 5.69 Å². The number of carbonyl (C=O) groups is 2. The molecule has 1 aliphatic rings. The van der Waals surface area contributed by atoms with Crippen LogP contribution in [0.1, 0.15) is 22.8 Å². The molecule has 0 radical (unpaired) electrons. The van der Waals surface area contributed by atoms with Gasteiger partial charge in [-0.25, -0.2) is 0 Å². The van der Waals surface area contributed by atoms with E-state index in [4.69, 9.17) is 14.2 Å². The van der Waals surface area contributed by atoms with E-state index in [0.29, 0.717) is 41.7 Å². The van der Waals surface area contributed by atoms with Crippen molar-refractivity contribution in [2.24, 2.45) is 0 Å². The summed E-state index contributed by atoms with van der Waals surface area (Å²) < 4.78 is 16.5. The largest absolute Gasteiger partial charge is 0.486 e. The number of ketones is 1.